The van der Waals surface area contributed by atoms with Crippen LogP contribution in [0.25, 0.3) is 66.8 Å². The molecule has 0 spiro atoms. The van der Waals surface area contributed by atoms with Gasteiger partial charge in [0.2, 0.25) is 0 Å². The van der Waals surface area contributed by atoms with E-state index in [0.29, 0.717) is 11.3 Å². The molecule has 1 N–H and O–H groups in total. The molecule has 0 aliphatic heterocycles. The largest absolute Gasteiger partial charge is 0.507 e. The third-order valence-electron chi connectivity index (χ3n) is 7.58. The van der Waals surface area contributed by atoms with Gasteiger partial charge in [0.05, 0.1) is 11.3 Å². The van der Waals surface area contributed by atoms with E-state index < -0.39 is 0 Å². The number of nitrogens with zero attached hydrogens (tertiary/aromatic N) is 2. The fourth-order valence-electron chi connectivity index (χ4n) is 5.87. The van der Waals surface area contributed by atoms with Crippen molar-refractivity contribution in [3.8, 4) is 50.6 Å². The Kier molecular flexibility index (Phi) is 7.26. The van der Waals surface area contributed by atoms with Gasteiger partial charge in [-0.05, 0) is 78.7 Å². The zero-order valence-electron chi connectivity index (χ0n) is 23.4. The summed E-state index contributed by atoms with van der Waals surface area (Å²) in [5, 5.41) is 12.8. The number of benzene rings is 4. The van der Waals surface area contributed by atoms with Gasteiger partial charge >= 0.3 is 0 Å². The van der Waals surface area contributed by atoms with Crippen LogP contribution in [0.3, 0.4) is 0 Å². The summed E-state index contributed by atoms with van der Waals surface area (Å²) in [4.78, 5) is 9.73. The molecule has 208 valence electrons. The zero-order chi connectivity index (χ0) is 28.1. The minimum Gasteiger partial charge on any atom is -0.507 e. The third kappa shape index (κ3) is 4.82. The van der Waals surface area contributed by atoms with Crippen molar-refractivity contribution in [3.05, 3.63) is 126 Å². The van der Waals surface area contributed by atoms with Crippen molar-refractivity contribution in [1.82, 2.24) is 9.97 Å². The van der Waals surface area contributed by atoms with Crippen LogP contribution < -0.4 is 0 Å². The van der Waals surface area contributed by atoms with Crippen LogP contribution in [0.2, 0.25) is 0 Å². The van der Waals surface area contributed by atoms with E-state index in [1.807, 2.05) is 54.6 Å². The summed E-state index contributed by atoms with van der Waals surface area (Å²) < 4.78 is 6.35. The Hall–Kier alpha value is -4.53. The monoisotopic (exact) mass is 726 g/mol. The van der Waals surface area contributed by atoms with Gasteiger partial charge in [-0.15, -0.1) is 12.1 Å². The van der Waals surface area contributed by atoms with Crippen molar-refractivity contribution < 1.29 is 30.6 Å². The minimum atomic E-state index is 0. The molecular weight excluding hydrogens is 699 g/mol. The number of aromatic hydroxyl groups is 1. The molecule has 0 bridgehead atoms. The number of rotatable bonds is 4. The second kappa shape index (κ2) is 11.0. The predicted molar refractivity (Wildman–Crippen MR) is 166 cm³/mol. The number of pyridine rings is 2. The van der Waals surface area contributed by atoms with E-state index >= 15 is 0 Å². The van der Waals surface area contributed by atoms with Crippen molar-refractivity contribution in [1.29, 1.82) is 0 Å². The van der Waals surface area contributed by atoms with E-state index in [2.05, 4.69) is 68.2 Å². The van der Waals surface area contributed by atoms with Gasteiger partial charge in [-0.2, -0.15) is 0 Å². The van der Waals surface area contributed by atoms with Crippen molar-refractivity contribution in [2.45, 2.75) is 20.8 Å². The molecule has 0 saturated heterocycles. The van der Waals surface area contributed by atoms with Crippen LogP contribution in [0, 0.1) is 26.8 Å². The Bertz CT molecular complexity index is 2070. The quantitative estimate of drug-likeness (QED) is 0.184. The van der Waals surface area contributed by atoms with E-state index in [1.165, 1.54) is 16.7 Å². The average Bonchev–Trinajstić information content (AvgIpc) is 3.35. The molecule has 0 radical (unpaired) electrons. The second-order valence-electron chi connectivity index (χ2n) is 10.5. The summed E-state index contributed by atoms with van der Waals surface area (Å²) in [7, 11) is 0. The normalized spacial score (nSPS) is 11.1. The fourth-order valence-corrected chi connectivity index (χ4v) is 5.87. The molecule has 0 atom stereocenters. The van der Waals surface area contributed by atoms with Gasteiger partial charge in [0.1, 0.15) is 11.3 Å². The van der Waals surface area contributed by atoms with Gasteiger partial charge in [-0.25, -0.2) is 0 Å². The van der Waals surface area contributed by atoms with Gasteiger partial charge < -0.3 is 9.52 Å². The molecule has 0 aliphatic rings. The van der Waals surface area contributed by atoms with E-state index in [0.717, 1.165) is 55.6 Å². The molecule has 0 unspecified atom stereocenters. The molecular formula is C37H27N2O2Pt-. The average molecular weight is 727 g/mol. The summed E-state index contributed by atoms with van der Waals surface area (Å²) in [6.07, 6.45) is 1.78. The smallest absolute Gasteiger partial charge is 0.124 e. The topological polar surface area (TPSA) is 59.2 Å². The van der Waals surface area contributed by atoms with Crippen LogP contribution in [0.15, 0.2) is 108 Å². The maximum atomic E-state index is 10.8. The predicted octanol–water partition coefficient (Wildman–Crippen LogP) is 9.47. The first-order valence-corrected chi connectivity index (χ1v) is 13.6. The minimum absolute atomic E-state index is 0. The maximum Gasteiger partial charge on any atom is 0.124 e. The van der Waals surface area contributed by atoms with Crippen molar-refractivity contribution in [2.75, 3.05) is 0 Å². The Balaban J connectivity index is 0.00000316. The summed E-state index contributed by atoms with van der Waals surface area (Å²) >= 11 is 0. The Morgan fingerprint density at radius 2 is 1.43 bits per heavy atom. The molecule has 42 heavy (non-hydrogen) atoms. The Labute approximate surface area is 259 Å². The summed E-state index contributed by atoms with van der Waals surface area (Å²) in [5.41, 5.74) is 11.9. The SMILES string of the molecule is Cc1cc(C)c(-c2cc(-c3[c-]c(-c4ccccn4)c4oc5ccccc5c4c3)nc(-c3ccccc3O)c2)c(C)c1.[Pt]. The molecule has 0 aliphatic carbocycles. The number of furan rings is 1. The Morgan fingerprint density at radius 3 is 2.19 bits per heavy atom. The van der Waals surface area contributed by atoms with E-state index in [1.54, 1.807) is 12.3 Å². The van der Waals surface area contributed by atoms with Crippen LogP contribution in [0.4, 0.5) is 0 Å². The zero-order valence-corrected chi connectivity index (χ0v) is 25.7. The van der Waals surface area contributed by atoms with Crippen LogP contribution in [-0.4, -0.2) is 15.1 Å². The molecule has 3 aromatic heterocycles. The van der Waals surface area contributed by atoms with Crippen LogP contribution in [-0.2, 0) is 21.1 Å². The van der Waals surface area contributed by atoms with Crippen LogP contribution >= 0.6 is 0 Å². The first-order valence-electron chi connectivity index (χ1n) is 13.6. The fraction of sp³-hybridized carbons (Fsp3) is 0.0811. The molecule has 0 fully saturated rings. The maximum absolute atomic E-state index is 10.8. The number of hydrogen-bond acceptors (Lipinski definition) is 4. The molecule has 0 amide bonds. The number of para-hydroxylation sites is 2. The summed E-state index contributed by atoms with van der Waals surface area (Å²) in [6.45, 7) is 6.40. The third-order valence-corrected chi connectivity index (χ3v) is 7.58. The van der Waals surface area contributed by atoms with Crippen molar-refractivity contribution in [3.63, 3.8) is 0 Å². The number of aryl methyl sites for hydroxylation is 3. The van der Waals surface area contributed by atoms with Crippen molar-refractivity contribution >= 4 is 21.9 Å². The molecule has 7 aromatic rings. The van der Waals surface area contributed by atoms with E-state index in [-0.39, 0.29) is 26.8 Å². The standard InChI is InChI=1S/C37H27N2O2.Pt/c1-22-16-23(2)36(24(3)17-22)26-20-32(39-33(21-26)28-11-4-6-13-34(28)40)25-18-29-27-10-5-7-14-35(27)41-37(29)30(19-25)31-12-8-9-15-38-31;/h4-18,20-21,40H,1-3H3;/q-1;. The molecule has 5 heteroatoms. The van der Waals surface area contributed by atoms with Crippen molar-refractivity contribution in [2.24, 2.45) is 0 Å². The van der Waals surface area contributed by atoms with E-state index in [4.69, 9.17) is 9.40 Å². The van der Waals surface area contributed by atoms with Crippen LogP contribution in [0.1, 0.15) is 16.7 Å². The first-order chi connectivity index (χ1) is 20.0. The van der Waals surface area contributed by atoms with Gasteiger partial charge in [0, 0.05) is 49.6 Å². The molecule has 7 rings (SSSR count). The molecule has 0 saturated carbocycles. The summed E-state index contributed by atoms with van der Waals surface area (Å²) in [5.74, 6) is 0.190. The Morgan fingerprint density at radius 1 is 0.714 bits per heavy atom. The van der Waals surface area contributed by atoms with E-state index in [9.17, 15) is 5.11 Å². The van der Waals surface area contributed by atoms with Gasteiger partial charge in [-0.3, -0.25) is 9.97 Å². The number of phenolic OH excluding ortho intramolecular Hbond substituents is 1. The number of aromatic nitrogens is 2. The van der Waals surface area contributed by atoms with Gasteiger partial charge in [0.25, 0.3) is 0 Å². The molecule has 4 aromatic carbocycles. The van der Waals surface area contributed by atoms with Gasteiger partial charge in [-0.1, -0.05) is 77.4 Å². The number of hydrogen-bond donors (Lipinski definition) is 1. The van der Waals surface area contributed by atoms with Gasteiger partial charge in [0.15, 0.2) is 0 Å². The second-order valence-corrected chi connectivity index (χ2v) is 10.5. The first kappa shape index (κ1) is 27.6. The molecule has 3 heterocycles. The van der Waals surface area contributed by atoms with Crippen LogP contribution in [0.5, 0.6) is 5.75 Å². The molecule has 4 nitrogen and oxygen atoms in total. The summed E-state index contributed by atoms with van der Waals surface area (Å²) in [6, 6.07) is 35.5. The number of fused-ring (bicyclic) bond motifs is 3. The number of phenols is 1.